The van der Waals surface area contributed by atoms with Crippen molar-refractivity contribution in [2.24, 2.45) is 0 Å². The molecule has 0 radical (unpaired) electrons. The lowest BCUT2D eigenvalue weighted by Gasteiger charge is -2.35. The Hall–Kier alpha value is -2.42. The molecule has 1 aromatic carbocycles. The normalized spacial score (nSPS) is 19.1. The average molecular weight is 447 g/mol. The van der Waals surface area contributed by atoms with Crippen LogP contribution >= 0.6 is 11.3 Å². The molecule has 1 saturated heterocycles. The highest BCUT2D eigenvalue weighted by Crippen LogP contribution is 2.37. The van der Waals surface area contributed by atoms with E-state index in [1.165, 1.54) is 11.3 Å². The summed E-state index contributed by atoms with van der Waals surface area (Å²) in [7, 11) is 1.61. The fourth-order valence-electron chi connectivity index (χ4n) is 3.75. The second kappa shape index (κ2) is 10.7. The molecule has 1 aliphatic heterocycles. The van der Waals surface area contributed by atoms with E-state index in [1.54, 1.807) is 14.0 Å². The standard InChI is InChI=1S/C23H30N2O5S/c1-5-29-23(27)21-19(17-6-8-18(28-4)9-7-17)14-31-22(21)24-20(26)10-11-25-12-15(2)30-16(3)13-25/h6-9,14-16H,5,10-13H2,1-4H3,(H,24,26)/t15-,16-/m1/s1. The van der Waals surface area contributed by atoms with Crippen LogP contribution in [-0.4, -0.2) is 62.3 Å². The van der Waals surface area contributed by atoms with E-state index in [4.69, 9.17) is 14.2 Å². The van der Waals surface area contributed by atoms with E-state index in [0.29, 0.717) is 23.5 Å². The fraction of sp³-hybridized carbons (Fsp3) is 0.478. The van der Waals surface area contributed by atoms with E-state index < -0.39 is 5.97 Å². The number of rotatable bonds is 8. The Bertz CT molecular complexity index is 886. The monoisotopic (exact) mass is 446 g/mol. The zero-order valence-electron chi connectivity index (χ0n) is 18.5. The van der Waals surface area contributed by atoms with Gasteiger partial charge in [-0.15, -0.1) is 11.3 Å². The van der Waals surface area contributed by atoms with Crippen molar-refractivity contribution in [3.05, 3.63) is 35.2 Å². The molecule has 1 aliphatic rings. The summed E-state index contributed by atoms with van der Waals surface area (Å²) in [6.07, 6.45) is 0.662. The van der Waals surface area contributed by atoms with Crippen molar-refractivity contribution in [1.29, 1.82) is 0 Å². The summed E-state index contributed by atoms with van der Waals surface area (Å²) in [6.45, 7) is 8.38. The Balaban J connectivity index is 1.73. The minimum atomic E-state index is -0.444. The van der Waals surface area contributed by atoms with Crippen molar-refractivity contribution in [3.63, 3.8) is 0 Å². The van der Waals surface area contributed by atoms with Crippen LogP contribution in [0.15, 0.2) is 29.6 Å². The van der Waals surface area contributed by atoms with Crippen LogP contribution in [0.25, 0.3) is 11.1 Å². The van der Waals surface area contributed by atoms with Gasteiger partial charge in [0.1, 0.15) is 16.3 Å². The highest BCUT2D eigenvalue weighted by Gasteiger charge is 2.25. The Morgan fingerprint density at radius 1 is 1.19 bits per heavy atom. The van der Waals surface area contributed by atoms with Gasteiger partial charge in [0.05, 0.1) is 25.9 Å². The Morgan fingerprint density at radius 2 is 1.87 bits per heavy atom. The maximum absolute atomic E-state index is 12.7. The van der Waals surface area contributed by atoms with Gasteiger partial charge in [0, 0.05) is 37.0 Å². The number of carbonyl (C=O) groups excluding carboxylic acids is 2. The smallest absolute Gasteiger partial charge is 0.341 e. The largest absolute Gasteiger partial charge is 0.497 e. The van der Waals surface area contributed by atoms with Gasteiger partial charge in [-0.2, -0.15) is 0 Å². The molecule has 1 N–H and O–H groups in total. The van der Waals surface area contributed by atoms with Gasteiger partial charge in [0.25, 0.3) is 0 Å². The Labute approximate surface area is 187 Å². The number of nitrogens with one attached hydrogen (secondary N) is 1. The lowest BCUT2D eigenvalue weighted by atomic mass is 10.0. The maximum atomic E-state index is 12.7. The fourth-order valence-corrected chi connectivity index (χ4v) is 4.73. The van der Waals surface area contributed by atoms with Gasteiger partial charge in [0.15, 0.2) is 0 Å². The third-order valence-corrected chi connectivity index (χ3v) is 5.97. The molecule has 2 aromatic rings. The number of carbonyl (C=O) groups is 2. The van der Waals surface area contributed by atoms with Gasteiger partial charge in [-0.25, -0.2) is 4.79 Å². The number of nitrogens with zero attached hydrogens (tertiary/aromatic N) is 1. The first-order valence-electron chi connectivity index (χ1n) is 10.5. The van der Waals surface area contributed by atoms with Crippen molar-refractivity contribution in [2.45, 2.75) is 39.4 Å². The van der Waals surface area contributed by atoms with E-state index >= 15 is 0 Å². The molecule has 1 aromatic heterocycles. The first-order valence-corrected chi connectivity index (χ1v) is 11.4. The van der Waals surface area contributed by atoms with E-state index in [9.17, 15) is 9.59 Å². The molecule has 1 amide bonds. The third-order valence-electron chi connectivity index (χ3n) is 5.07. The molecule has 2 atom stereocenters. The number of hydrogen-bond donors (Lipinski definition) is 1. The lowest BCUT2D eigenvalue weighted by molar-refractivity contribution is -0.117. The second-order valence-corrected chi connectivity index (χ2v) is 8.50. The SMILES string of the molecule is CCOC(=O)c1c(-c2ccc(OC)cc2)csc1NC(=O)CCN1C[C@@H](C)O[C@H](C)C1. The maximum Gasteiger partial charge on any atom is 0.341 e. The number of hydrogen-bond acceptors (Lipinski definition) is 7. The van der Waals surface area contributed by atoms with Crippen molar-refractivity contribution in [3.8, 4) is 16.9 Å². The Morgan fingerprint density at radius 3 is 2.48 bits per heavy atom. The minimum Gasteiger partial charge on any atom is -0.497 e. The number of thiophene rings is 1. The van der Waals surface area contributed by atoms with Crippen LogP contribution in [0.1, 0.15) is 37.6 Å². The van der Waals surface area contributed by atoms with E-state index in [2.05, 4.69) is 10.2 Å². The summed E-state index contributed by atoms with van der Waals surface area (Å²) in [5.41, 5.74) is 1.98. The molecule has 3 rings (SSSR count). The van der Waals surface area contributed by atoms with Gasteiger partial charge in [-0.05, 0) is 38.5 Å². The second-order valence-electron chi connectivity index (χ2n) is 7.62. The van der Waals surface area contributed by atoms with Crippen LogP contribution in [0, 0.1) is 0 Å². The molecule has 8 heteroatoms. The quantitative estimate of drug-likeness (QED) is 0.617. The first kappa shape index (κ1) is 23.2. The molecule has 31 heavy (non-hydrogen) atoms. The predicted octanol–water partition coefficient (Wildman–Crippen LogP) is 4.04. The molecule has 2 heterocycles. The number of ether oxygens (including phenoxy) is 3. The van der Waals surface area contributed by atoms with Crippen LogP contribution in [-0.2, 0) is 14.3 Å². The van der Waals surface area contributed by atoms with Gasteiger partial charge in [-0.1, -0.05) is 12.1 Å². The number of morpholine rings is 1. The molecule has 7 nitrogen and oxygen atoms in total. The van der Waals surface area contributed by atoms with Crippen molar-refractivity contribution in [2.75, 3.05) is 38.7 Å². The summed E-state index contributed by atoms with van der Waals surface area (Å²) in [5, 5.41) is 5.30. The molecule has 168 valence electrons. The zero-order chi connectivity index (χ0) is 22.4. The summed E-state index contributed by atoms with van der Waals surface area (Å²) in [4.78, 5) is 27.6. The van der Waals surface area contributed by atoms with Crippen LogP contribution in [0.2, 0.25) is 0 Å². The summed E-state index contributed by atoms with van der Waals surface area (Å²) in [6, 6.07) is 7.45. The number of esters is 1. The summed E-state index contributed by atoms with van der Waals surface area (Å²) >= 11 is 1.33. The van der Waals surface area contributed by atoms with Crippen molar-refractivity contribution < 1.29 is 23.8 Å². The predicted molar refractivity (Wildman–Crippen MR) is 122 cm³/mol. The molecule has 0 saturated carbocycles. The van der Waals surface area contributed by atoms with Gasteiger partial charge >= 0.3 is 5.97 Å². The molecule has 0 bridgehead atoms. The molecular weight excluding hydrogens is 416 g/mol. The Kier molecular flexibility index (Phi) is 8.06. The average Bonchev–Trinajstić information content (AvgIpc) is 3.15. The number of anilines is 1. The van der Waals surface area contributed by atoms with Crippen LogP contribution in [0.4, 0.5) is 5.00 Å². The highest BCUT2D eigenvalue weighted by atomic mass is 32.1. The highest BCUT2D eigenvalue weighted by molar-refractivity contribution is 7.15. The molecule has 1 fully saturated rings. The zero-order valence-corrected chi connectivity index (χ0v) is 19.3. The van der Waals surface area contributed by atoms with Crippen LogP contribution < -0.4 is 10.1 Å². The minimum absolute atomic E-state index is 0.125. The molecular formula is C23H30N2O5S. The topological polar surface area (TPSA) is 77.1 Å². The lowest BCUT2D eigenvalue weighted by Crippen LogP contribution is -2.46. The van der Waals surface area contributed by atoms with E-state index in [1.807, 2.05) is 43.5 Å². The van der Waals surface area contributed by atoms with Gasteiger partial charge in [0.2, 0.25) is 5.91 Å². The summed E-state index contributed by atoms with van der Waals surface area (Å²) in [5.74, 6) is 0.165. The molecule has 0 spiro atoms. The van der Waals surface area contributed by atoms with E-state index in [0.717, 1.165) is 30.0 Å². The summed E-state index contributed by atoms with van der Waals surface area (Å²) < 4.78 is 16.2. The van der Waals surface area contributed by atoms with E-state index in [-0.39, 0.29) is 24.7 Å². The first-order chi connectivity index (χ1) is 14.9. The van der Waals surface area contributed by atoms with Crippen molar-refractivity contribution in [1.82, 2.24) is 4.90 Å². The van der Waals surface area contributed by atoms with Crippen LogP contribution in [0.5, 0.6) is 5.75 Å². The number of benzene rings is 1. The third kappa shape index (κ3) is 6.06. The van der Waals surface area contributed by atoms with Crippen LogP contribution in [0.3, 0.4) is 0 Å². The van der Waals surface area contributed by atoms with Gasteiger partial charge < -0.3 is 19.5 Å². The van der Waals surface area contributed by atoms with Crippen molar-refractivity contribution >= 4 is 28.2 Å². The molecule has 0 aliphatic carbocycles. The van der Waals surface area contributed by atoms with Gasteiger partial charge in [-0.3, -0.25) is 9.69 Å². The number of methoxy groups -OCH3 is 1. The molecule has 0 unspecified atom stereocenters. The number of amides is 1.